The summed E-state index contributed by atoms with van der Waals surface area (Å²) in [5.74, 6) is 1.35. The molecular formula is C16H19ClN2O. The predicted molar refractivity (Wildman–Crippen MR) is 82.5 cm³/mol. The highest BCUT2D eigenvalue weighted by Crippen LogP contribution is 2.29. The van der Waals surface area contributed by atoms with E-state index >= 15 is 0 Å². The fraction of sp³-hybridized carbons (Fsp3) is 0.312. The normalized spacial score (nSPS) is 10.6. The van der Waals surface area contributed by atoms with Crippen LogP contribution in [0.15, 0.2) is 36.7 Å². The Labute approximate surface area is 124 Å². The molecule has 0 aliphatic rings. The molecule has 2 rings (SSSR count). The zero-order chi connectivity index (χ0) is 14.4. The minimum absolute atomic E-state index is 0.611. The molecule has 1 aromatic carbocycles. The third-order valence-electron chi connectivity index (χ3n) is 2.84. The summed E-state index contributed by atoms with van der Waals surface area (Å²) in [5, 5.41) is 3.95. The van der Waals surface area contributed by atoms with Gasteiger partial charge in [0.1, 0.15) is 11.5 Å². The number of nitrogens with one attached hydrogen (secondary N) is 1. The summed E-state index contributed by atoms with van der Waals surface area (Å²) in [4.78, 5) is 4.20. The minimum Gasteiger partial charge on any atom is -0.454 e. The summed E-state index contributed by atoms with van der Waals surface area (Å²) in [6, 6.07) is 7.71. The number of hydrogen-bond donors (Lipinski definition) is 1. The number of aromatic nitrogens is 1. The monoisotopic (exact) mass is 290 g/mol. The maximum absolute atomic E-state index is 6.16. The number of hydrogen-bond acceptors (Lipinski definition) is 3. The van der Waals surface area contributed by atoms with Gasteiger partial charge in [0.25, 0.3) is 0 Å². The molecule has 1 heterocycles. The Balaban J connectivity index is 2.07. The van der Waals surface area contributed by atoms with Crippen LogP contribution in [0.5, 0.6) is 11.5 Å². The van der Waals surface area contributed by atoms with Gasteiger partial charge in [0, 0.05) is 12.7 Å². The van der Waals surface area contributed by atoms with E-state index in [-0.39, 0.29) is 0 Å². The van der Waals surface area contributed by atoms with Crippen LogP contribution in [-0.2, 0) is 6.54 Å². The summed E-state index contributed by atoms with van der Waals surface area (Å²) in [5.41, 5.74) is 2.21. The first-order valence-electron chi connectivity index (χ1n) is 6.77. The van der Waals surface area contributed by atoms with Crippen LogP contribution in [0.3, 0.4) is 0 Å². The van der Waals surface area contributed by atoms with Crippen LogP contribution in [0, 0.1) is 6.92 Å². The van der Waals surface area contributed by atoms with Crippen molar-refractivity contribution in [1.82, 2.24) is 10.3 Å². The van der Waals surface area contributed by atoms with Crippen LogP contribution in [0.25, 0.3) is 0 Å². The van der Waals surface area contributed by atoms with Crippen molar-refractivity contribution < 1.29 is 4.74 Å². The Hall–Kier alpha value is -1.58. The summed E-state index contributed by atoms with van der Waals surface area (Å²) >= 11 is 6.16. The number of pyridine rings is 1. The van der Waals surface area contributed by atoms with Gasteiger partial charge in [-0.15, -0.1) is 0 Å². The van der Waals surface area contributed by atoms with Gasteiger partial charge in [-0.2, -0.15) is 0 Å². The first kappa shape index (κ1) is 14.8. The second-order valence-corrected chi connectivity index (χ2v) is 5.15. The molecule has 0 aliphatic heterocycles. The smallest absolute Gasteiger partial charge is 0.146 e. The van der Waals surface area contributed by atoms with Gasteiger partial charge in [0.15, 0.2) is 0 Å². The van der Waals surface area contributed by atoms with Gasteiger partial charge in [-0.1, -0.05) is 24.6 Å². The topological polar surface area (TPSA) is 34.2 Å². The molecule has 0 bridgehead atoms. The Kier molecular flexibility index (Phi) is 5.39. The lowest BCUT2D eigenvalue weighted by Crippen LogP contribution is -2.13. The molecule has 4 heteroatoms. The van der Waals surface area contributed by atoms with E-state index in [0.717, 1.165) is 30.6 Å². The van der Waals surface area contributed by atoms with Gasteiger partial charge < -0.3 is 10.1 Å². The molecule has 0 radical (unpaired) electrons. The maximum atomic E-state index is 6.16. The van der Waals surface area contributed by atoms with Gasteiger partial charge in [0.05, 0.1) is 11.2 Å². The summed E-state index contributed by atoms with van der Waals surface area (Å²) in [6.45, 7) is 5.93. The molecule has 0 amide bonds. The van der Waals surface area contributed by atoms with E-state index in [2.05, 4.69) is 17.2 Å². The molecule has 20 heavy (non-hydrogen) atoms. The molecular weight excluding hydrogens is 272 g/mol. The number of nitrogens with zero attached hydrogens (tertiary/aromatic N) is 1. The van der Waals surface area contributed by atoms with Crippen molar-refractivity contribution in [3.63, 3.8) is 0 Å². The zero-order valence-corrected chi connectivity index (χ0v) is 12.6. The predicted octanol–water partition coefficient (Wildman–Crippen LogP) is 4.34. The van der Waals surface area contributed by atoms with E-state index in [9.17, 15) is 0 Å². The number of benzene rings is 1. The van der Waals surface area contributed by atoms with Crippen LogP contribution < -0.4 is 10.1 Å². The fourth-order valence-corrected chi connectivity index (χ4v) is 2.12. The minimum atomic E-state index is 0.611. The van der Waals surface area contributed by atoms with Crippen molar-refractivity contribution in [2.45, 2.75) is 26.8 Å². The largest absolute Gasteiger partial charge is 0.454 e. The van der Waals surface area contributed by atoms with Crippen LogP contribution >= 0.6 is 11.6 Å². The molecule has 0 spiro atoms. The molecule has 2 aromatic rings. The van der Waals surface area contributed by atoms with Crippen molar-refractivity contribution in [1.29, 1.82) is 0 Å². The molecule has 1 N–H and O–H groups in total. The molecule has 0 aliphatic carbocycles. The van der Waals surface area contributed by atoms with E-state index in [1.54, 1.807) is 6.20 Å². The Morgan fingerprint density at radius 3 is 2.85 bits per heavy atom. The average Bonchev–Trinajstić information content (AvgIpc) is 2.43. The molecule has 0 saturated heterocycles. The average molecular weight is 291 g/mol. The highest BCUT2D eigenvalue weighted by Gasteiger charge is 2.04. The number of halogens is 1. The van der Waals surface area contributed by atoms with Crippen molar-refractivity contribution in [3.05, 3.63) is 52.8 Å². The highest BCUT2D eigenvalue weighted by molar-refractivity contribution is 6.32. The maximum Gasteiger partial charge on any atom is 0.146 e. The molecule has 3 nitrogen and oxygen atoms in total. The van der Waals surface area contributed by atoms with Gasteiger partial charge in [0.2, 0.25) is 0 Å². The lowest BCUT2D eigenvalue weighted by molar-refractivity contribution is 0.479. The lowest BCUT2D eigenvalue weighted by atomic mass is 10.2. The Bertz CT molecular complexity index is 572. The molecule has 0 fully saturated rings. The SMILES string of the molecule is CCCNCc1cncc(Oc2ccc(C)cc2Cl)c1. The second kappa shape index (κ2) is 7.27. The highest BCUT2D eigenvalue weighted by atomic mass is 35.5. The van der Waals surface area contributed by atoms with Crippen LogP contribution in [-0.4, -0.2) is 11.5 Å². The van der Waals surface area contributed by atoms with E-state index in [1.165, 1.54) is 0 Å². The van der Waals surface area contributed by atoms with Gasteiger partial charge in [-0.05, 0) is 49.2 Å². The fourth-order valence-electron chi connectivity index (χ4n) is 1.84. The van der Waals surface area contributed by atoms with Gasteiger partial charge in [-0.25, -0.2) is 0 Å². The van der Waals surface area contributed by atoms with E-state index < -0.39 is 0 Å². The van der Waals surface area contributed by atoms with E-state index in [1.807, 2.05) is 37.4 Å². The quantitative estimate of drug-likeness (QED) is 0.804. The lowest BCUT2D eigenvalue weighted by Gasteiger charge is -2.09. The number of rotatable bonds is 6. The van der Waals surface area contributed by atoms with Crippen molar-refractivity contribution in [2.75, 3.05) is 6.54 Å². The summed E-state index contributed by atoms with van der Waals surface area (Å²) < 4.78 is 5.79. The Morgan fingerprint density at radius 2 is 2.10 bits per heavy atom. The summed E-state index contributed by atoms with van der Waals surface area (Å²) in [6.07, 6.45) is 4.65. The molecule has 1 aromatic heterocycles. The third-order valence-corrected chi connectivity index (χ3v) is 3.14. The molecule has 0 atom stereocenters. The number of aryl methyl sites for hydroxylation is 1. The molecule has 106 valence electrons. The van der Waals surface area contributed by atoms with Crippen molar-refractivity contribution in [3.8, 4) is 11.5 Å². The van der Waals surface area contributed by atoms with Crippen LogP contribution in [0.2, 0.25) is 5.02 Å². The molecule has 0 saturated carbocycles. The zero-order valence-electron chi connectivity index (χ0n) is 11.8. The van der Waals surface area contributed by atoms with Gasteiger partial charge in [-0.3, -0.25) is 4.98 Å². The van der Waals surface area contributed by atoms with Crippen molar-refractivity contribution >= 4 is 11.6 Å². The van der Waals surface area contributed by atoms with Crippen LogP contribution in [0.1, 0.15) is 24.5 Å². The molecule has 0 unspecified atom stereocenters. The number of ether oxygens (including phenoxy) is 1. The van der Waals surface area contributed by atoms with E-state index in [0.29, 0.717) is 16.5 Å². The first-order chi connectivity index (χ1) is 9.69. The third kappa shape index (κ3) is 4.22. The van der Waals surface area contributed by atoms with E-state index in [4.69, 9.17) is 16.3 Å². The van der Waals surface area contributed by atoms with Crippen molar-refractivity contribution in [2.24, 2.45) is 0 Å². The second-order valence-electron chi connectivity index (χ2n) is 4.74. The standard InChI is InChI=1S/C16H19ClN2O/c1-3-6-18-9-13-8-14(11-19-10-13)20-16-5-4-12(2)7-15(16)17/h4-5,7-8,10-11,18H,3,6,9H2,1-2H3. The summed E-state index contributed by atoms with van der Waals surface area (Å²) in [7, 11) is 0. The first-order valence-corrected chi connectivity index (χ1v) is 7.15. The Morgan fingerprint density at radius 1 is 1.25 bits per heavy atom. The van der Waals surface area contributed by atoms with Crippen LogP contribution in [0.4, 0.5) is 0 Å². The van der Waals surface area contributed by atoms with Gasteiger partial charge >= 0.3 is 0 Å².